The van der Waals surface area contributed by atoms with Gasteiger partial charge in [0.25, 0.3) is 0 Å². The lowest BCUT2D eigenvalue weighted by atomic mass is 9.88. The van der Waals surface area contributed by atoms with E-state index in [-0.39, 0.29) is 6.04 Å². The van der Waals surface area contributed by atoms with Crippen molar-refractivity contribution in [2.75, 3.05) is 0 Å². The lowest BCUT2D eigenvalue weighted by Crippen LogP contribution is -2.18. The van der Waals surface area contributed by atoms with Crippen molar-refractivity contribution in [2.45, 2.75) is 58.1 Å². The maximum Gasteiger partial charge on any atom is 0.120 e. The van der Waals surface area contributed by atoms with E-state index in [9.17, 15) is 0 Å². The number of benzene rings is 1. The van der Waals surface area contributed by atoms with E-state index in [1.165, 1.54) is 17.5 Å². The van der Waals surface area contributed by atoms with Gasteiger partial charge in [-0.2, -0.15) is 0 Å². The molecule has 1 aliphatic carbocycles. The zero-order valence-corrected chi connectivity index (χ0v) is 10.9. The molecule has 94 valence electrons. The number of rotatable bonds is 4. The molecule has 0 heterocycles. The van der Waals surface area contributed by atoms with Gasteiger partial charge in [-0.15, -0.1) is 0 Å². The van der Waals surface area contributed by atoms with Gasteiger partial charge in [0.2, 0.25) is 0 Å². The first-order valence-electron chi connectivity index (χ1n) is 6.79. The summed E-state index contributed by atoms with van der Waals surface area (Å²) in [5, 5.41) is 0. The van der Waals surface area contributed by atoms with Crippen LogP contribution in [-0.4, -0.2) is 6.10 Å². The van der Waals surface area contributed by atoms with Crippen LogP contribution in [-0.2, 0) is 6.42 Å². The van der Waals surface area contributed by atoms with Crippen molar-refractivity contribution in [2.24, 2.45) is 5.73 Å². The summed E-state index contributed by atoms with van der Waals surface area (Å²) in [5.41, 5.74) is 8.80. The van der Waals surface area contributed by atoms with Gasteiger partial charge in [-0.1, -0.05) is 19.9 Å². The molecule has 0 aromatic heterocycles. The maximum atomic E-state index is 6.11. The van der Waals surface area contributed by atoms with Gasteiger partial charge in [-0.05, 0) is 55.4 Å². The number of hydrogen-bond donors (Lipinski definition) is 1. The van der Waals surface area contributed by atoms with Crippen LogP contribution in [0.2, 0.25) is 0 Å². The third-order valence-corrected chi connectivity index (χ3v) is 3.69. The molecule has 2 N–H and O–H groups in total. The smallest absolute Gasteiger partial charge is 0.120 e. The highest BCUT2D eigenvalue weighted by atomic mass is 16.5. The predicted octanol–water partition coefficient (Wildman–Crippen LogP) is 3.59. The minimum absolute atomic E-state index is 0.223. The van der Waals surface area contributed by atoms with Crippen LogP contribution < -0.4 is 10.5 Å². The molecule has 1 aromatic rings. The average Bonchev–Trinajstić information content (AvgIpc) is 2.36. The molecule has 0 aliphatic heterocycles. The molecule has 0 bridgehead atoms. The van der Waals surface area contributed by atoms with Gasteiger partial charge >= 0.3 is 0 Å². The fourth-order valence-corrected chi connectivity index (χ4v) is 2.55. The summed E-state index contributed by atoms with van der Waals surface area (Å²) in [6, 6.07) is 6.63. The summed E-state index contributed by atoms with van der Waals surface area (Å²) in [7, 11) is 0. The van der Waals surface area contributed by atoms with E-state index in [0.717, 1.165) is 31.4 Å². The number of aryl methyl sites for hydroxylation is 1. The van der Waals surface area contributed by atoms with E-state index < -0.39 is 0 Å². The van der Waals surface area contributed by atoms with Crippen molar-refractivity contribution in [1.82, 2.24) is 0 Å². The van der Waals surface area contributed by atoms with Crippen molar-refractivity contribution in [3.63, 3.8) is 0 Å². The highest BCUT2D eigenvalue weighted by molar-refractivity contribution is 5.39. The van der Waals surface area contributed by atoms with E-state index in [4.69, 9.17) is 10.5 Å². The van der Waals surface area contributed by atoms with Gasteiger partial charge in [-0.25, -0.2) is 0 Å². The summed E-state index contributed by atoms with van der Waals surface area (Å²) in [5.74, 6) is 1.01. The molecule has 0 spiro atoms. The molecule has 0 radical (unpaired) electrons. The summed E-state index contributed by atoms with van der Waals surface area (Å²) >= 11 is 0. The average molecular weight is 233 g/mol. The van der Waals surface area contributed by atoms with Crippen molar-refractivity contribution in [1.29, 1.82) is 0 Å². The van der Waals surface area contributed by atoms with E-state index in [1.54, 1.807) is 0 Å². The summed E-state index contributed by atoms with van der Waals surface area (Å²) < 4.78 is 5.97. The van der Waals surface area contributed by atoms with Gasteiger partial charge in [0.1, 0.15) is 5.75 Å². The molecule has 0 saturated heterocycles. The maximum absolute atomic E-state index is 6.11. The summed E-state index contributed by atoms with van der Waals surface area (Å²) in [6.45, 7) is 4.34. The Labute approximate surface area is 104 Å². The first-order chi connectivity index (χ1) is 8.24. The molecule has 2 heteroatoms. The van der Waals surface area contributed by atoms with E-state index in [2.05, 4.69) is 32.0 Å². The molecule has 1 unspecified atom stereocenters. The Balaban J connectivity index is 2.15. The second-order valence-electron chi connectivity index (χ2n) is 4.92. The molecule has 0 amide bonds. The lowest BCUT2D eigenvalue weighted by molar-refractivity contribution is 0.192. The number of hydrogen-bond acceptors (Lipinski definition) is 2. The van der Waals surface area contributed by atoms with Crippen LogP contribution in [0.4, 0.5) is 0 Å². The molecular weight excluding hydrogens is 210 g/mol. The molecule has 17 heavy (non-hydrogen) atoms. The van der Waals surface area contributed by atoms with Crippen molar-refractivity contribution in [3.05, 3.63) is 29.3 Å². The van der Waals surface area contributed by atoms with Crippen LogP contribution in [0.3, 0.4) is 0 Å². The lowest BCUT2D eigenvalue weighted by Gasteiger charge is -2.23. The number of fused-ring (bicyclic) bond motifs is 1. The second kappa shape index (κ2) is 5.54. The summed E-state index contributed by atoms with van der Waals surface area (Å²) in [4.78, 5) is 0. The van der Waals surface area contributed by atoms with Crippen molar-refractivity contribution < 1.29 is 4.74 Å². The Kier molecular flexibility index (Phi) is 4.06. The molecule has 1 aromatic carbocycles. The zero-order chi connectivity index (χ0) is 12.3. The Morgan fingerprint density at radius 3 is 2.82 bits per heavy atom. The Hall–Kier alpha value is -1.02. The molecule has 1 aliphatic rings. The molecule has 0 saturated carbocycles. The quantitative estimate of drug-likeness (QED) is 0.862. The van der Waals surface area contributed by atoms with E-state index >= 15 is 0 Å². The molecular formula is C15H23NO. The number of ether oxygens (including phenoxy) is 1. The molecule has 2 nitrogen and oxygen atoms in total. The fourth-order valence-electron chi connectivity index (χ4n) is 2.55. The van der Waals surface area contributed by atoms with Gasteiger partial charge in [0.15, 0.2) is 0 Å². The van der Waals surface area contributed by atoms with Crippen LogP contribution in [0, 0.1) is 0 Å². The van der Waals surface area contributed by atoms with Crippen LogP contribution >= 0.6 is 0 Å². The topological polar surface area (TPSA) is 35.2 Å². The SMILES string of the molecule is CCC(CC)Oc1ccc2c(c1)CCCC2N. The number of nitrogens with two attached hydrogens (primary N) is 1. The monoisotopic (exact) mass is 233 g/mol. The molecule has 2 rings (SSSR count). The highest BCUT2D eigenvalue weighted by Gasteiger charge is 2.17. The molecule has 1 atom stereocenters. The molecule has 0 fully saturated rings. The first kappa shape index (κ1) is 12.4. The Morgan fingerprint density at radius 1 is 1.35 bits per heavy atom. The van der Waals surface area contributed by atoms with Crippen LogP contribution in [0.15, 0.2) is 18.2 Å². The largest absolute Gasteiger partial charge is 0.490 e. The minimum atomic E-state index is 0.223. The third-order valence-electron chi connectivity index (χ3n) is 3.69. The minimum Gasteiger partial charge on any atom is -0.490 e. The fraction of sp³-hybridized carbons (Fsp3) is 0.600. The van der Waals surface area contributed by atoms with Crippen LogP contribution in [0.25, 0.3) is 0 Å². The van der Waals surface area contributed by atoms with E-state index in [1.807, 2.05) is 0 Å². The first-order valence-corrected chi connectivity index (χ1v) is 6.79. The van der Waals surface area contributed by atoms with Gasteiger partial charge in [0, 0.05) is 6.04 Å². The predicted molar refractivity (Wildman–Crippen MR) is 71.3 cm³/mol. The normalized spacial score (nSPS) is 19.2. The van der Waals surface area contributed by atoms with Crippen molar-refractivity contribution in [3.8, 4) is 5.75 Å². The second-order valence-corrected chi connectivity index (χ2v) is 4.92. The van der Waals surface area contributed by atoms with Gasteiger partial charge < -0.3 is 10.5 Å². The van der Waals surface area contributed by atoms with Gasteiger partial charge in [0.05, 0.1) is 6.10 Å². The van der Waals surface area contributed by atoms with Crippen LogP contribution in [0.5, 0.6) is 5.75 Å². The Bertz CT molecular complexity index is 371. The van der Waals surface area contributed by atoms with Crippen molar-refractivity contribution >= 4 is 0 Å². The summed E-state index contributed by atoms with van der Waals surface area (Å²) in [6.07, 6.45) is 5.91. The third kappa shape index (κ3) is 2.81. The van der Waals surface area contributed by atoms with Crippen LogP contribution in [0.1, 0.15) is 56.7 Å². The van der Waals surface area contributed by atoms with Gasteiger partial charge in [-0.3, -0.25) is 0 Å². The zero-order valence-electron chi connectivity index (χ0n) is 10.9. The Morgan fingerprint density at radius 2 is 2.12 bits per heavy atom. The van der Waals surface area contributed by atoms with E-state index in [0.29, 0.717) is 6.10 Å². The highest BCUT2D eigenvalue weighted by Crippen LogP contribution is 2.31. The standard InChI is InChI=1S/C15H23NO/c1-3-12(4-2)17-13-8-9-14-11(10-13)6-5-7-15(14)16/h8-10,12,15H,3-7,16H2,1-2H3.